The quantitative estimate of drug-likeness (QED) is 0.821. The molecule has 1 aliphatic rings. The molecule has 0 spiro atoms. The van der Waals surface area contributed by atoms with E-state index in [1.165, 1.54) is 0 Å². The van der Waals surface area contributed by atoms with Gasteiger partial charge in [-0.25, -0.2) is 0 Å². The smallest absolute Gasteiger partial charge is 0.376 e. The van der Waals surface area contributed by atoms with E-state index in [9.17, 15) is 13.2 Å². The van der Waals surface area contributed by atoms with Crippen LogP contribution in [0.25, 0.3) is 0 Å². The third-order valence-electron chi connectivity index (χ3n) is 3.13. The highest BCUT2D eigenvalue weighted by atomic mass is 19.4. The molecule has 0 heterocycles. The molecule has 0 saturated heterocycles. The molecule has 2 nitrogen and oxygen atoms in total. The molecule has 2 N–H and O–H groups in total. The fraction of sp³-hybridized carbons (Fsp3) is 1.00. The average molecular weight is 239 g/mol. The van der Waals surface area contributed by atoms with Crippen LogP contribution >= 0.6 is 0 Å². The van der Waals surface area contributed by atoms with Gasteiger partial charge >= 0.3 is 6.18 Å². The number of rotatable bonds is 3. The molecule has 0 aliphatic heterocycles. The van der Waals surface area contributed by atoms with Gasteiger partial charge < -0.3 is 10.5 Å². The first-order chi connectivity index (χ1) is 7.29. The molecule has 4 atom stereocenters. The second-order valence-electron chi connectivity index (χ2n) is 4.92. The second kappa shape index (κ2) is 5.36. The Morgan fingerprint density at radius 3 is 2.38 bits per heavy atom. The molecular formula is C11H20F3NO. The van der Waals surface area contributed by atoms with Crippen LogP contribution in [0.5, 0.6) is 0 Å². The normalized spacial score (nSPS) is 36.4. The fourth-order valence-corrected chi connectivity index (χ4v) is 2.48. The molecule has 0 aromatic rings. The van der Waals surface area contributed by atoms with E-state index in [1.54, 1.807) is 0 Å². The lowest BCUT2D eigenvalue weighted by molar-refractivity contribution is -0.154. The summed E-state index contributed by atoms with van der Waals surface area (Å²) in [4.78, 5) is 0. The predicted octanol–water partition coefficient (Wildman–Crippen LogP) is 2.72. The number of hydrogen-bond acceptors (Lipinski definition) is 2. The fourth-order valence-electron chi connectivity index (χ4n) is 2.48. The van der Waals surface area contributed by atoms with Crippen molar-refractivity contribution in [3.63, 3.8) is 0 Å². The third kappa shape index (κ3) is 4.29. The summed E-state index contributed by atoms with van der Waals surface area (Å²) in [5.74, 6) is 0.777. The van der Waals surface area contributed by atoms with E-state index >= 15 is 0 Å². The highest BCUT2D eigenvalue weighted by molar-refractivity contribution is 4.86. The molecule has 0 bridgehead atoms. The predicted molar refractivity (Wildman–Crippen MR) is 55.9 cm³/mol. The first-order valence-corrected chi connectivity index (χ1v) is 5.73. The SMILES string of the molecule is CC1CC(C)C(OCCC(F)(F)F)C(N)C1. The maximum atomic E-state index is 12.0. The molecular weight excluding hydrogens is 219 g/mol. The summed E-state index contributed by atoms with van der Waals surface area (Å²) in [6.07, 6.45) is -3.45. The molecule has 1 fully saturated rings. The Balaban J connectivity index is 2.35. The van der Waals surface area contributed by atoms with Crippen molar-refractivity contribution in [2.45, 2.75) is 51.4 Å². The number of alkyl halides is 3. The van der Waals surface area contributed by atoms with Gasteiger partial charge in [-0.1, -0.05) is 13.8 Å². The second-order valence-corrected chi connectivity index (χ2v) is 4.92. The van der Waals surface area contributed by atoms with Crippen LogP contribution in [0.2, 0.25) is 0 Å². The standard InChI is InChI=1S/C11H20F3NO/c1-7-5-8(2)10(9(15)6-7)16-4-3-11(12,13)14/h7-10H,3-6,15H2,1-2H3. The Labute approximate surface area is 94.3 Å². The molecule has 0 amide bonds. The van der Waals surface area contributed by atoms with Gasteiger partial charge in [-0.15, -0.1) is 0 Å². The van der Waals surface area contributed by atoms with Crippen molar-refractivity contribution >= 4 is 0 Å². The Morgan fingerprint density at radius 2 is 1.88 bits per heavy atom. The van der Waals surface area contributed by atoms with E-state index in [4.69, 9.17) is 10.5 Å². The molecule has 5 heteroatoms. The minimum atomic E-state index is -4.14. The van der Waals surface area contributed by atoms with E-state index in [0.29, 0.717) is 5.92 Å². The van der Waals surface area contributed by atoms with Crippen LogP contribution in [-0.2, 0) is 4.74 Å². The first-order valence-electron chi connectivity index (χ1n) is 5.73. The number of halogens is 3. The van der Waals surface area contributed by atoms with Crippen molar-refractivity contribution in [1.82, 2.24) is 0 Å². The number of hydrogen-bond donors (Lipinski definition) is 1. The van der Waals surface area contributed by atoms with Crippen molar-refractivity contribution < 1.29 is 17.9 Å². The van der Waals surface area contributed by atoms with Gasteiger partial charge in [0, 0.05) is 6.04 Å². The summed E-state index contributed by atoms with van der Waals surface area (Å²) >= 11 is 0. The maximum Gasteiger partial charge on any atom is 0.391 e. The van der Waals surface area contributed by atoms with Crippen molar-refractivity contribution in [2.24, 2.45) is 17.6 Å². The van der Waals surface area contributed by atoms with Crippen LogP contribution in [-0.4, -0.2) is 24.9 Å². The minimum absolute atomic E-state index is 0.132. The molecule has 1 aliphatic carbocycles. The van der Waals surface area contributed by atoms with Gasteiger partial charge in [0.05, 0.1) is 19.1 Å². The lowest BCUT2D eigenvalue weighted by atomic mass is 9.78. The van der Waals surface area contributed by atoms with Crippen molar-refractivity contribution in [3.05, 3.63) is 0 Å². The lowest BCUT2D eigenvalue weighted by Gasteiger charge is -2.37. The van der Waals surface area contributed by atoms with E-state index < -0.39 is 12.6 Å². The van der Waals surface area contributed by atoms with Crippen LogP contribution in [0.3, 0.4) is 0 Å². The van der Waals surface area contributed by atoms with Crippen molar-refractivity contribution in [1.29, 1.82) is 0 Å². The summed E-state index contributed by atoms with van der Waals surface area (Å²) in [5, 5.41) is 0. The average Bonchev–Trinajstić information content (AvgIpc) is 2.07. The lowest BCUT2D eigenvalue weighted by Crippen LogP contribution is -2.46. The molecule has 0 radical (unpaired) electrons. The number of ether oxygens (including phenoxy) is 1. The first kappa shape index (κ1) is 13.8. The molecule has 16 heavy (non-hydrogen) atoms. The molecule has 0 aromatic carbocycles. The summed E-state index contributed by atoms with van der Waals surface area (Å²) in [6.45, 7) is 3.83. The van der Waals surface area contributed by atoms with E-state index in [2.05, 4.69) is 6.92 Å². The van der Waals surface area contributed by atoms with Crippen LogP contribution in [0, 0.1) is 11.8 Å². The summed E-state index contributed by atoms with van der Waals surface area (Å²) in [6, 6.07) is -0.132. The summed E-state index contributed by atoms with van der Waals surface area (Å²) in [7, 11) is 0. The van der Waals surface area contributed by atoms with Crippen LogP contribution in [0.4, 0.5) is 13.2 Å². The molecule has 1 saturated carbocycles. The van der Waals surface area contributed by atoms with Crippen molar-refractivity contribution in [2.75, 3.05) is 6.61 Å². The Kier molecular flexibility index (Phi) is 4.62. The van der Waals surface area contributed by atoms with Crippen LogP contribution in [0.1, 0.15) is 33.1 Å². The zero-order valence-corrected chi connectivity index (χ0v) is 9.76. The van der Waals surface area contributed by atoms with Gasteiger partial charge in [-0.2, -0.15) is 13.2 Å². The van der Waals surface area contributed by atoms with Gasteiger partial charge in [-0.3, -0.25) is 0 Å². The van der Waals surface area contributed by atoms with Gasteiger partial charge in [0.15, 0.2) is 0 Å². The van der Waals surface area contributed by atoms with Gasteiger partial charge in [0.2, 0.25) is 0 Å². The van der Waals surface area contributed by atoms with Gasteiger partial charge in [0.1, 0.15) is 0 Å². The third-order valence-corrected chi connectivity index (χ3v) is 3.13. The molecule has 4 unspecified atom stereocenters. The highest BCUT2D eigenvalue weighted by Crippen LogP contribution is 2.30. The Bertz CT molecular complexity index is 208. The maximum absolute atomic E-state index is 12.0. The van der Waals surface area contributed by atoms with Crippen LogP contribution in [0.15, 0.2) is 0 Å². The van der Waals surface area contributed by atoms with Crippen molar-refractivity contribution in [3.8, 4) is 0 Å². The monoisotopic (exact) mass is 239 g/mol. The van der Waals surface area contributed by atoms with E-state index in [-0.39, 0.29) is 24.7 Å². The van der Waals surface area contributed by atoms with E-state index in [1.807, 2.05) is 6.92 Å². The summed E-state index contributed by atoms with van der Waals surface area (Å²) < 4.78 is 41.2. The molecule has 96 valence electrons. The Morgan fingerprint density at radius 1 is 1.25 bits per heavy atom. The topological polar surface area (TPSA) is 35.2 Å². The number of nitrogens with two attached hydrogens (primary N) is 1. The highest BCUT2D eigenvalue weighted by Gasteiger charge is 2.34. The zero-order valence-electron chi connectivity index (χ0n) is 9.76. The van der Waals surface area contributed by atoms with Gasteiger partial charge in [0.25, 0.3) is 0 Å². The van der Waals surface area contributed by atoms with E-state index in [0.717, 1.165) is 12.8 Å². The molecule has 0 aromatic heterocycles. The zero-order chi connectivity index (χ0) is 12.3. The van der Waals surface area contributed by atoms with Crippen LogP contribution < -0.4 is 5.73 Å². The van der Waals surface area contributed by atoms with Gasteiger partial charge in [-0.05, 0) is 24.7 Å². The Hall–Kier alpha value is -0.290. The summed E-state index contributed by atoms with van der Waals surface area (Å²) in [5.41, 5.74) is 5.90. The largest absolute Gasteiger partial charge is 0.391 e. The minimum Gasteiger partial charge on any atom is -0.376 e. The molecule has 1 rings (SSSR count).